The van der Waals surface area contributed by atoms with Crippen LogP contribution in [0.3, 0.4) is 0 Å². The van der Waals surface area contributed by atoms with Gasteiger partial charge in [0.15, 0.2) is 5.65 Å². The van der Waals surface area contributed by atoms with Gasteiger partial charge in [-0.05, 0) is 18.2 Å². The van der Waals surface area contributed by atoms with Gasteiger partial charge in [0.05, 0.1) is 12.6 Å². The Balaban J connectivity index is 1.46. The molecule has 0 saturated heterocycles. The number of H-pyrrole nitrogens is 2. The van der Waals surface area contributed by atoms with Gasteiger partial charge in [-0.2, -0.15) is 0 Å². The van der Waals surface area contributed by atoms with E-state index < -0.39 is 11.2 Å². The van der Waals surface area contributed by atoms with E-state index in [9.17, 15) is 14.4 Å². The van der Waals surface area contributed by atoms with Crippen molar-refractivity contribution in [2.24, 2.45) is 7.05 Å². The highest BCUT2D eigenvalue weighted by Crippen LogP contribution is 2.34. The molecule has 0 bridgehead atoms. The van der Waals surface area contributed by atoms with Crippen LogP contribution >= 0.6 is 15.9 Å². The highest BCUT2D eigenvalue weighted by molar-refractivity contribution is 9.10. The lowest BCUT2D eigenvalue weighted by atomic mass is 10.0. The molecule has 3 heterocycles. The van der Waals surface area contributed by atoms with Crippen LogP contribution in [0.25, 0.3) is 11.2 Å². The monoisotopic (exact) mass is 447 g/mol. The molecule has 0 spiro atoms. The van der Waals surface area contributed by atoms with Crippen molar-refractivity contribution in [3.8, 4) is 5.75 Å². The van der Waals surface area contributed by atoms with E-state index in [2.05, 4.69) is 36.2 Å². The van der Waals surface area contributed by atoms with Crippen LogP contribution in [0, 0.1) is 0 Å². The van der Waals surface area contributed by atoms with Crippen molar-refractivity contribution in [1.29, 1.82) is 0 Å². The molecule has 0 saturated carbocycles. The van der Waals surface area contributed by atoms with E-state index in [4.69, 9.17) is 4.74 Å². The van der Waals surface area contributed by atoms with Crippen molar-refractivity contribution >= 4 is 33.0 Å². The molecule has 3 aromatic rings. The highest BCUT2D eigenvalue weighted by atomic mass is 79.9. The number of halogens is 1. The van der Waals surface area contributed by atoms with Crippen molar-refractivity contribution in [3.05, 3.63) is 54.9 Å². The molecule has 1 unspecified atom stereocenters. The Morgan fingerprint density at radius 1 is 1.39 bits per heavy atom. The molecule has 1 aliphatic heterocycles. The first kappa shape index (κ1) is 18.5. The summed E-state index contributed by atoms with van der Waals surface area (Å²) in [6.45, 7) is 0.542. The fraction of sp³-hybridized carbons (Fsp3) is 0.333. The molecule has 0 radical (unpaired) electrons. The molecule has 1 aliphatic rings. The fourth-order valence-electron chi connectivity index (χ4n) is 3.28. The number of rotatable bonds is 4. The van der Waals surface area contributed by atoms with E-state index in [0.717, 1.165) is 15.8 Å². The smallest absolute Gasteiger partial charge is 0.329 e. The maximum absolute atomic E-state index is 12.5. The second kappa shape index (κ2) is 7.27. The van der Waals surface area contributed by atoms with Crippen LogP contribution in [0.4, 0.5) is 0 Å². The molecule has 1 amide bonds. The van der Waals surface area contributed by atoms with E-state index in [1.165, 1.54) is 11.6 Å². The third-order valence-corrected chi connectivity index (χ3v) is 5.23. The molecule has 2 aromatic heterocycles. The molecule has 146 valence electrons. The molecular weight excluding hydrogens is 430 g/mol. The fourth-order valence-corrected chi connectivity index (χ4v) is 3.66. The van der Waals surface area contributed by atoms with E-state index in [0.29, 0.717) is 25.3 Å². The van der Waals surface area contributed by atoms with Crippen molar-refractivity contribution < 1.29 is 9.53 Å². The number of fused-ring (bicyclic) bond motifs is 2. The number of aromatic amines is 2. The number of carbonyl (C=O) groups excluding carboxylic acids is 1. The van der Waals surface area contributed by atoms with Crippen molar-refractivity contribution in [2.45, 2.75) is 25.3 Å². The summed E-state index contributed by atoms with van der Waals surface area (Å²) in [5.41, 5.74) is 0.385. The average molecular weight is 448 g/mol. The van der Waals surface area contributed by atoms with E-state index >= 15 is 0 Å². The Bertz CT molecular complexity index is 1180. The van der Waals surface area contributed by atoms with Gasteiger partial charge < -0.3 is 15.0 Å². The molecule has 1 atom stereocenters. The molecule has 0 fully saturated rings. The average Bonchev–Trinajstić information content (AvgIpc) is 3.10. The van der Waals surface area contributed by atoms with Gasteiger partial charge in [-0.3, -0.25) is 19.1 Å². The summed E-state index contributed by atoms with van der Waals surface area (Å²) in [6.07, 6.45) is 1.21. The number of hydrogen-bond donors (Lipinski definition) is 3. The lowest BCUT2D eigenvalue weighted by molar-refractivity contribution is -0.122. The maximum atomic E-state index is 12.5. The number of nitrogens with one attached hydrogen (secondary N) is 3. The Morgan fingerprint density at radius 3 is 3.04 bits per heavy atom. The second-order valence-corrected chi connectivity index (χ2v) is 7.56. The SMILES string of the molecule is Cn1c(=O)[nH]c(=O)c2[nH]c(CCC(=O)NC3CCOc4ccc(Br)cc43)nc21. The summed E-state index contributed by atoms with van der Waals surface area (Å²) >= 11 is 3.45. The summed E-state index contributed by atoms with van der Waals surface area (Å²) in [7, 11) is 1.53. The zero-order valence-corrected chi connectivity index (χ0v) is 16.6. The number of ether oxygens (including phenoxy) is 1. The van der Waals surface area contributed by atoms with Crippen LogP contribution in [0.5, 0.6) is 5.75 Å². The van der Waals surface area contributed by atoms with E-state index in [1.807, 2.05) is 18.2 Å². The minimum absolute atomic E-state index is 0.118. The number of aromatic nitrogens is 4. The first-order valence-corrected chi connectivity index (χ1v) is 9.61. The van der Waals surface area contributed by atoms with Crippen LogP contribution in [-0.4, -0.2) is 32.0 Å². The third-order valence-electron chi connectivity index (χ3n) is 4.74. The predicted molar refractivity (Wildman–Crippen MR) is 105 cm³/mol. The summed E-state index contributed by atoms with van der Waals surface area (Å²) in [5, 5.41) is 3.03. The minimum Gasteiger partial charge on any atom is -0.493 e. The molecule has 0 aliphatic carbocycles. The normalized spacial score (nSPS) is 15.9. The number of hydrogen-bond acceptors (Lipinski definition) is 5. The number of aryl methyl sites for hydroxylation is 2. The van der Waals surface area contributed by atoms with Gasteiger partial charge in [0.2, 0.25) is 5.91 Å². The summed E-state index contributed by atoms with van der Waals surface area (Å²) < 4.78 is 7.82. The van der Waals surface area contributed by atoms with Crippen molar-refractivity contribution in [1.82, 2.24) is 24.8 Å². The van der Waals surface area contributed by atoms with Crippen molar-refractivity contribution in [3.63, 3.8) is 0 Å². The molecule has 10 heteroatoms. The van der Waals surface area contributed by atoms with E-state index in [1.54, 1.807) is 0 Å². The standard InChI is InChI=1S/C18H18BrN5O4/c1-24-16-15(17(26)23-18(24)27)21-13(22-16)4-5-14(25)20-11-6-7-28-12-3-2-9(19)8-10(11)12/h2-3,8,11H,4-7H2,1H3,(H,20,25)(H,21,22)(H,23,26,27). The van der Waals surface area contributed by atoms with Gasteiger partial charge in [0, 0.05) is 36.3 Å². The lowest BCUT2D eigenvalue weighted by Crippen LogP contribution is -2.32. The quantitative estimate of drug-likeness (QED) is 0.555. The number of imidazole rings is 1. The zero-order chi connectivity index (χ0) is 19.8. The maximum Gasteiger partial charge on any atom is 0.329 e. The molecule has 1 aromatic carbocycles. The van der Waals surface area contributed by atoms with Gasteiger partial charge >= 0.3 is 5.69 Å². The van der Waals surface area contributed by atoms with Gasteiger partial charge in [0.25, 0.3) is 5.56 Å². The van der Waals surface area contributed by atoms with Gasteiger partial charge in [-0.15, -0.1) is 0 Å². The molecular formula is C18H18BrN5O4. The summed E-state index contributed by atoms with van der Waals surface area (Å²) in [6, 6.07) is 5.62. The Morgan fingerprint density at radius 2 is 2.21 bits per heavy atom. The predicted octanol–water partition coefficient (Wildman–Crippen LogP) is 1.28. The Kier molecular flexibility index (Phi) is 4.80. The largest absolute Gasteiger partial charge is 0.493 e. The molecule has 3 N–H and O–H groups in total. The Labute approximate surface area is 167 Å². The molecule has 9 nitrogen and oxygen atoms in total. The van der Waals surface area contributed by atoms with Crippen LogP contribution in [-0.2, 0) is 18.3 Å². The number of benzene rings is 1. The Hall–Kier alpha value is -2.88. The zero-order valence-electron chi connectivity index (χ0n) is 15.0. The molecule has 28 heavy (non-hydrogen) atoms. The van der Waals surface area contributed by atoms with Crippen LogP contribution in [0.2, 0.25) is 0 Å². The summed E-state index contributed by atoms with van der Waals surface area (Å²) in [4.78, 5) is 45.4. The van der Waals surface area contributed by atoms with Gasteiger partial charge in [-0.1, -0.05) is 15.9 Å². The van der Waals surface area contributed by atoms with Crippen LogP contribution < -0.4 is 21.3 Å². The van der Waals surface area contributed by atoms with Gasteiger partial charge in [0.1, 0.15) is 17.1 Å². The van der Waals surface area contributed by atoms with Gasteiger partial charge in [-0.25, -0.2) is 9.78 Å². The minimum atomic E-state index is -0.530. The highest BCUT2D eigenvalue weighted by Gasteiger charge is 2.23. The lowest BCUT2D eigenvalue weighted by Gasteiger charge is -2.27. The topological polar surface area (TPSA) is 122 Å². The second-order valence-electron chi connectivity index (χ2n) is 6.64. The number of nitrogens with zero attached hydrogens (tertiary/aromatic N) is 2. The first-order valence-electron chi connectivity index (χ1n) is 8.82. The van der Waals surface area contributed by atoms with E-state index in [-0.39, 0.29) is 29.5 Å². The first-order chi connectivity index (χ1) is 13.4. The summed E-state index contributed by atoms with van der Waals surface area (Å²) in [5.74, 6) is 1.13. The molecule has 4 rings (SSSR count). The third kappa shape index (κ3) is 3.47. The number of amides is 1. The number of carbonyl (C=O) groups is 1. The van der Waals surface area contributed by atoms with Crippen LogP contribution in [0.15, 0.2) is 32.3 Å². The van der Waals surface area contributed by atoms with Crippen molar-refractivity contribution in [2.75, 3.05) is 6.61 Å². The van der Waals surface area contributed by atoms with Crippen LogP contribution in [0.1, 0.15) is 30.3 Å².